The fraction of sp³-hybridized carbons (Fsp3) is 0.700. The van der Waals surface area contributed by atoms with Gasteiger partial charge in [0, 0.05) is 24.7 Å². The van der Waals surface area contributed by atoms with Crippen molar-refractivity contribution >= 4 is 0 Å². The lowest BCUT2D eigenvalue weighted by molar-refractivity contribution is 0.503. The molecule has 0 amide bonds. The van der Waals surface area contributed by atoms with Crippen LogP contribution in [0.4, 0.5) is 0 Å². The molecular weight excluding hydrogens is 176 g/mol. The van der Waals surface area contributed by atoms with Gasteiger partial charge in [-0.05, 0) is 26.8 Å². The van der Waals surface area contributed by atoms with Crippen LogP contribution >= 0.6 is 0 Å². The quantitative estimate of drug-likeness (QED) is 0.723. The summed E-state index contributed by atoms with van der Waals surface area (Å²) in [6.45, 7) is 6.82. The minimum absolute atomic E-state index is 0.402. The topological polar surface area (TPSA) is 55.9 Å². The van der Waals surface area contributed by atoms with Gasteiger partial charge in [0.1, 0.15) is 0 Å². The third kappa shape index (κ3) is 1.44. The minimum Gasteiger partial charge on any atom is -0.325 e. The summed E-state index contributed by atoms with van der Waals surface area (Å²) < 4.78 is 2.07. The Labute approximate surface area is 84.5 Å². The summed E-state index contributed by atoms with van der Waals surface area (Å²) in [7, 11) is 0. The number of nitrogens with two attached hydrogens (primary N) is 1. The van der Waals surface area contributed by atoms with E-state index in [1.54, 1.807) is 0 Å². The molecule has 78 valence electrons. The van der Waals surface area contributed by atoms with Gasteiger partial charge in [-0.1, -0.05) is 0 Å². The van der Waals surface area contributed by atoms with Crippen molar-refractivity contribution in [2.75, 3.05) is 6.54 Å². The maximum atomic E-state index is 5.78. The van der Waals surface area contributed by atoms with Crippen molar-refractivity contribution in [3.8, 4) is 0 Å². The second-order valence-electron chi connectivity index (χ2n) is 4.04. The van der Waals surface area contributed by atoms with Gasteiger partial charge < -0.3 is 11.1 Å². The van der Waals surface area contributed by atoms with Gasteiger partial charge in [-0.15, -0.1) is 0 Å². The van der Waals surface area contributed by atoms with Crippen molar-refractivity contribution in [3.63, 3.8) is 0 Å². The first-order valence-corrected chi connectivity index (χ1v) is 5.24. The van der Waals surface area contributed by atoms with Crippen LogP contribution in [-0.4, -0.2) is 16.3 Å². The second-order valence-corrected chi connectivity index (χ2v) is 4.04. The van der Waals surface area contributed by atoms with Crippen LogP contribution in [0.5, 0.6) is 0 Å². The first-order valence-electron chi connectivity index (χ1n) is 5.24. The molecule has 14 heavy (non-hydrogen) atoms. The Morgan fingerprint density at radius 2 is 2.36 bits per heavy atom. The first kappa shape index (κ1) is 9.68. The highest BCUT2D eigenvalue weighted by Gasteiger charge is 2.20. The normalized spacial score (nSPS) is 16.0. The van der Waals surface area contributed by atoms with Gasteiger partial charge >= 0.3 is 0 Å². The summed E-state index contributed by atoms with van der Waals surface area (Å²) in [5.41, 5.74) is 9.56. The van der Waals surface area contributed by atoms with Crippen LogP contribution in [0, 0.1) is 0 Å². The molecule has 1 aliphatic rings. The van der Waals surface area contributed by atoms with Crippen LogP contribution in [0.1, 0.15) is 36.8 Å². The van der Waals surface area contributed by atoms with Gasteiger partial charge in [-0.25, -0.2) is 0 Å². The van der Waals surface area contributed by atoms with Crippen LogP contribution in [0.3, 0.4) is 0 Å². The molecule has 0 unspecified atom stereocenters. The van der Waals surface area contributed by atoms with Crippen molar-refractivity contribution in [2.45, 2.75) is 39.4 Å². The molecule has 4 nitrogen and oxygen atoms in total. The van der Waals surface area contributed by atoms with E-state index in [1.807, 2.05) is 0 Å². The molecule has 0 aliphatic carbocycles. The Kier molecular flexibility index (Phi) is 2.56. The van der Waals surface area contributed by atoms with Crippen molar-refractivity contribution < 1.29 is 0 Å². The molecule has 0 bridgehead atoms. The lowest BCUT2D eigenvalue weighted by Gasteiger charge is -2.12. The molecule has 0 saturated heterocycles. The number of nitrogens with one attached hydrogen (secondary N) is 1. The molecule has 0 spiro atoms. The standard InChI is InChI=1S/C10H18N4/c1-7(2)14-10(5-11)8-3-4-12-6-9(8)13-14/h7,12H,3-6,11H2,1-2H3. The van der Waals surface area contributed by atoms with Crippen LogP contribution < -0.4 is 11.1 Å². The number of rotatable bonds is 2. The Bertz CT molecular complexity index is 327. The lowest BCUT2D eigenvalue weighted by Crippen LogP contribution is -2.23. The number of aromatic nitrogens is 2. The molecule has 0 saturated carbocycles. The molecule has 3 N–H and O–H groups in total. The minimum atomic E-state index is 0.402. The zero-order valence-electron chi connectivity index (χ0n) is 8.88. The Morgan fingerprint density at radius 3 is 3.00 bits per heavy atom. The largest absolute Gasteiger partial charge is 0.325 e. The summed E-state index contributed by atoms with van der Waals surface area (Å²) in [6, 6.07) is 0.402. The van der Waals surface area contributed by atoms with E-state index in [0.717, 1.165) is 19.5 Å². The van der Waals surface area contributed by atoms with Crippen LogP contribution in [0.2, 0.25) is 0 Å². The number of nitrogens with zero attached hydrogens (tertiary/aromatic N) is 2. The van der Waals surface area contributed by atoms with Gasteiger partial charge in [0.05, 0.1) is 11.4 Å². The third-order valence-corrected chi connectivity index (χ3v) is 2.73. The highest BCUT2D eigenvalue weighted by Crippen LogP contribution is 2.20. The lowest BCUT2D eigenvalue weighted by atomic mass is 10.1. The third-order valence-electron chi connectivity index (χ3n) is 2.73. The Morgan fingerprint density at radius 1 is 1.57 bits per heavy atom. The second kappa shape index (κ2) is 3.71. The average Bonchev–Trinajstić information content (AvgIpc) is 2.56. The van der Waals surface area contributed by atoms with Crippen molar-refractivity contribution in [2.24, 2.45) is 5.73 Å². The predicted molar refractivity (Wildman–Crippen MR) is 55.9 cm³/mol. The van der Waals surface area contributed by atoms with E-state index in [-0.39, 0.29) is 0 Å². The Balaban J connectivity index is 2.46. The fourth-order valence-corrected chi connectivity index (χ4v) is 2.05. The molecule has 0 radical (unpaired) electrons. The molecule has 4 heteroatoms. The highest BCUT2D eigenvalue weighted by atomic mass is 15.3. The van der Waals surface area contributed by atoms with Gasteiger partial charge in [-0.2, -0.15) is 5.10 Å². The summed E-state index contributed by atoms with van der Waals surface area (Å²) in [5, 5.41) is 7.92. The zero-order chi connectivity index (χ0) is 10.1. The first-order chi connectivity index (χ1) is 6.74. The van der Waals surface area contributed by atoms with E-state index < -0.39 is 0 Å². The summed E-state index contributed by atoms with van der Waals surface area (Å²) in [5.74, 6) is 0. The van der Waals surface area contributed by atoms with Gasteiger partial charge in [0.25, 0.3) is 0 Å². The SMILES string of the molecule is CC(C)n1nc2c(c1CN)CCNC2. The van der Waals surface area contributed by atoms with E-state index >= 15 is 0 Å². The molecule has 2 rings (SSSR count). The monoisotopic (exact) mass is 194 g/mol. The van der Waals surface area contributed by atoms with Crippen LogP contribution in [0.15, 0.2) is 0 Å². The molecule has 0 fully saturated rings. The predicted octanol–water partition coefficient (Wildman–Crippen LogP) is 0.568. The van der Waals surface area contributed by atoms with Crippen LogP contribution in [-0.2, 0) is 19.5 Å². The number of fused-ring (bicyclic) bond motifs is 1. The van der Waals surface area contributed by atoms with E-state index in [0.29, 0.717) is 12.6 Å². The summed E-state index contributed by atoms with van der Waals surface area (Å²) >= 11 is 0. The molecular formula is C10H18N4. The number of hydrogen-bond acceptors (Lipinski definition) is 3. The van der Waals surface area contributed by atoms with E-state index in [9.17, 15) is 0 Å². The number of hydrogen-bond donors (Lipinski definition) is 2. The smallest absolute Gasteiger partial charge is 0.0798 e. The fourth-order valence-electron chi connectivity index (χ4n) is 2.05. The summed E-state index contributed by atoms with van der Waals surface area (Å²) in [6.07, 6.45) is 1.06. The van der Waals surface area contributed by atoms with Gasteiger partial charge in [0.2, 0.25) is 0 Å². The van der Waals surface area contributed by atoms with Crippen molar-refractivity contribution in [1.29, 1.82) is 0 Å². The van der Waals surface area contributed by atoms with E-state index in [2.05, 4.69) is 28.9 Å². The molecule has 1 aromatic heterocycles. The molecule has 1 aromatic rings. The molecule has 2 heterocycles. The molecule has 0 aromatic carbocycles. The maximum absolute atomic E-state index is 5.78. The van der Waals surface area contributed by atoms with Crippen molar-refractivity contribution in [3.05, 3.63) is 17.0 Å². The maximum Gasteiger partial charge on any atom is 0.0798 e. The van der Waals surface area contributed by atoms with Gasteiger partial charge in [0.15, 0.2) is 0 Å². The van der Waals surface area contributed by atoms with Gasteiger partial charge in [-0.3, -0.25) is 4.68 Å². The molecule has 1 aliphatic heterocycles. The molecule has 0 atom stereocenters. The highest BCUT2D eigenvalue weighted by molar-refractivity contribution is 5.29. The Hall–Kier alpha value is -0.870. The van der Waals surface area contributed by atoms with E-state index in [4.69, 9.17) is 5.73 Å². The average molecular weight is 194 g/mol. The summed E-state index contributed by atoms with van der Waals surface area (Å²) in [4.78, 5) is 0. The van der Waals surface area contributed by atoms with Crippen LogP contribution in [0.25, 0.3) is 0 Å². The van der Waals surface area contributed by atoms with Crippen molar-refractivity contribution in [1.82, 2.24) is 15.1 Å². The van der Waals surface area contributed by atoms with E-state index in [1.165, 1.54) is 17.0 Å². The zero-order valence-corrected chi connectivity index (χ0v) is 8.88.